The highest BCUT2D eigenvalue weighted by Crippen LogP contribution is 2.17. The minimum absolute atomic E-state index is 0.00583. The molecule has 0 amide bonds. The van der Waals surface area contributed by atoms with Crippen molar-refractivity contribution in [2.75, 3.05) is 0 Å². The number of Topliss-reactive ketones (excluding diaryl/α,β-unsaturated/α-hetero) is 1. The van der Waals surface area contributed by atoms with Gasteiger partial charge in [0.15, 0.2) is 11.9 Å². The maximum absolute atomic E-state index is 11.3. The van der Waals surface area contributed by atoms with Gasteiger partial charge in [0, 0.05) is 6.42 Å². The standard InChI is InChI=1S/C10H13NO2/c1-2-9(12)10(13-11)8-6-4-3-5-7-8/h3-7,10H,2,11H2,1H3/t10-/m1/s1. The second-order valence-corrected chi connectivity index (χ2v) is 2.75. The second-order valence-electron chi connectivity index (χ2n) is 2.75. The summed E-state index contributed by atoms with van der Waals surface area (Å²) in [6.45, 7) is 1.79. The normalized spacial score (nSPS) is 12.5. The summed E-state index contributed by atoms with van der Waals surface area (Å²) in [4.78, 5) is 16.0. The summed E-state index contributed by atoms with van der Waals surface area (Å²) in [6.07, 6.45) is -0.192. The van der Waals surface area contributed by atoms with Crippen LogP contribution in [0.25, 0.3) is 0 Å². The SMILES string of the molecule is CCC(=O)[C@H](ON)c1ccccc1. The lowest BCUT2D eigenvalue weighted by molar-refractivity contribution is -0.131. The van der Waals surface area contributed by atoms with Crippen LogP contribution in [-0.4, -0.2) is 5.78 Å². The third-order valence-corrected chi connectivity index (χ3v) is 1.88. The molecule has 2 N–H and O–H groups in total. The van der Waals surface area contributed by atoms with Crippen LogP contribution in [0.5, 0.6) is 0 Å². The summed E-state index contributed by atoms with van der Waals surface area (Å²) in [7, 11) is 0. The van der Waals surface area contributed by atoms with Crippen molar-refractivity contribution in [1.82, 2.24) is 0 Å². The zero-order valence-electron chi connectivity index (χ0n) is 7.57. The number of ketones is 1. The summed E-state index contributed by atoms with van der Waals surface area (Å²) in [5, 5.41) is 0. The summed E-state index contributed by atoms with van der Waals surface area (Å²) in [5.74, 6) is 5.05. The Morgan fingerprint density at radius 2 is 2.08 bits per heavy atom. The summed E-state index contributed by atoms with van der Waals surface area (Å²) in [6, 6.07) is 9.23. The third-order valence-electron chi connectivity index (χ3n) is 1.88. The number of hydrogen-bond acceptors (Lipinski definition) is 3. The molecule has 0 heterocycles. The molecule has 0 fully saturated rings. The molecule has 3 heteroatoms. The maximum atomic E-state index is 11.3. The van der Waals surface area contributed by atoms with Crippen molar-refractivity contribution in [2.45, 2.75) is 19.4 Å². The predicted molar refractivity (Wildman–Crippen MR) is 49.8 cm³/mol. The van der Waals surface area contributed by atoms with Gasteiger partial charge in [-0.1, -0.05) is 37.3 Å². The number of rotatable bonds is 4. The Balaban J connectivity index is 2.85. The molecule has 1 aromatic carbocycles. The van der Waals surface area contributed by atoms with Crippen LogP contribution in [0.2, 0.25) is 0 Å². The van der Waals surface area contributed by atoms with Crippen molar-refractivity contribution in [2.24, 2.45) is 5.90 Å². The Labute approximate surface area is 77.5 Å². The predicted octanol–water partition coefficient (Wildman–Crippen LogP) is 1.60. The van der Waals surface area contributed by atoms with Crippen molar-refractivity contribution in [3.8, 4) is 0 Å². The van der Waals surface area contributed by atoms with Crippen molar-refractivity contribution in [1.29, 1.82) is 0 Å². The first-order chi connectivity index (χ1) is 6.29. The molecule has 70 valence electrons. The van der Waals surface area contributed by atoms with Crippen LogP contribution in [0, 0.1) is 0 Å². The summed E-state index contributed by atoms with van der Waals surface area (Å²) < 4.78 is 0. The molecular weight excluding hydrogens is 166 g/mol. The van der Waals surface area contributed by atoms with Gasteiger partial charge in [-0.2, -0.15) is 0 Å². The maximum Gasteiger partial charge on any atom is 0.167 e. The lowest BCUT2D eigenvalue weighted by Crippen LogP contribution is -2.18. The van der Waals surface area contributed by atoms with E-state index in [1.54, 1.807) is 6.92 Å². The van der Waals surface area contributed by atoms with E-state index in [0.717, 1.165) is 5.56 Å². The van der Waals surface area contributed by atoms with E-state index in [-0.39, 0.29) is 5.78 Å². The van der Waals surface area contributed by atoms with Crippen LogP contribution in [0.4, 0.5) is 0 Å². The van der Waals surface area contributed by atoms with Crippen molar-refractivity contribution in [3.05, 3.63) is 35.9 Å². The molecule has 1 aromatic rings. The molecule has 0 saturated carbocycles. The molecule has 0 aromatic heterocycles. The number of benzene rings is 1. The molecule has 13 heavy (non-hydrogen) atoms. The third kappa shape index (κ3) is 2.37. The number of hydrogen-bond donors (Lipinski definition) is 1. The lowest BCUT2D eigenvalue weighted by Gasteiger charge is -2.11. The summed E-state index contributed by atoms with van der Waals surface area (Å²) >= 11 is 0. The zero-order valence-corrected chi connectivity index (χ0v) is 7.57. The first-order valence-electron chi connectivity index (χ1n) is 4.22. The van der Waals surface area contributed by atoms with Crippen molar-refractivity contribution >= 4 is 5.78 Å². The Kier molecular flexibility index (Phi) is 3.61. The van der Waals surface area contributed by atoms with E-state index in [0.29, 0.717) is 6.42 Å². The van der Waals surface area contributed by atoms with Gasteiger partial charge in [-0.3, -0.25) is 9.63 Å². The Morgan fingerprint density at radius 1 is 1.46 bits per heavy atom. The number of carbonyl (C=O) groups is 1. The Bertz CT molecular complexity index is 272. The van der Waals surface area contributed by atoms with Gasteiger partial charge in [-0.25, -0.2) is 5.90 Å². The van der Waals surface area contributed by atoms with Crippen LogP contribution >= 0.6 is 0 Å². The van der Waals surface area contributed by atoms with E-state index in [2.05, 4.69) is 4.84 Å². The Morgan fingerprint density at radius 3 is 2.54 bits per heavy atom. The topological polar surface area (TPSA) is 52.3 Å². The minimum Gasteiger partial charge on any atom is -0.296 e. The van der Waals surface area contributed by atoms with Gasteiger partial charge >= 0.3 is 0 Å². The molecule has 0 aliphatic rings. The van der Waals surface area contributed by atoms with E-state index >= 15 is 0 Å². The molecule has 0 unspecified atom stereocenters. The minimum atomic E-state index is -0.619. The van der Waals surface area contributed by atoms with Gasteiger partial charge in [-0.05, 0) is 5.56 Å². The van der Waals surface area contributed by atoms with Crippen LogP contribution in [-0.2, 0) is 9.63 Å². The monoisotopic (exact) mass is 179 g/mol. The van der Waals surface area contributed by atoms with Gasteiger partial charge in [0.1, 0.15) is 0 Å². The molecule has 0 bridgehead atoms. The fraction of sp³-hybridized carbons (Fsp3) is 0.300. The van der Waals surface area contributed by atoms with Gasteiger partial charge in [0.25, 0.3) is 0 Å². The van der Waals surface area contributed by atoms with Crippen LogP contribution in [0.1, 0.15) is 25.0 Å². The van der Waals surface area contributed by atoms with E-state index in [1.165, 1.54) is 0 Å². The molecule has 0 saturated heterocycles. The molecule has 0 aliphatic heterocycles. The lowest BCUT2D eigenvalue weighted by atomic mass is 10.0. The van der Waals surface area contributed by atoms with Gasteiger partial charge < -0.3 is 0 Å². The molecule has 1 atom stereocenters. The highest BCUT2D eigenvalue weighted by atomic mass is 16.6. The average Bonchev–Trinajstić information content (AvgIpc) is 2.20. The Hall–Kier alpha value is -1.19. The molecule has 0 spiro atoms. The molecule has 0 radical (unpaired) electrons. The average molecular weight is 179 g/mol. The largest absolute Gasteiger partial charge is 0.296 e. The van der Waals surface area contributed by atoms with Crippen LogP contribution < -0.4 is 5.90 Å². The van der Waals surface area contributed by atoms with E-state index in [1.807, 2.05) is 30.3 Å². The van der Waals surface area contributed by atoms with Gasteiger partial charge in [0.2, 0.25) is 0 Å². The molecule has 0 aliphatic carbocycles. The van der Waals surface area contributed by atoms with Crippen LogP contribution in [0.3, 0.4) is 0 Å². The van der Waals surface area contributed by atoms with E-state index in [9.17, 15) is 4.79 Å². The molecule has 3 nitrogen and oxygen atoms in total. The van der Waals surface area contributed by atoms with E-state index < -0.39 is 6.10 Å². The van der Waals surface area contributed by atoms with Crippen molar-refractivity contribution < 1.29 is 9.63 Å². The summed E-state index contributed by atoms with van der Waals surface area (Å²) in [5.41, 5.74) is 0.803. The highest BCUT2D eigenvalue weighted by molar-refractivity contribution is 5.84. The zero-order chi connectivity index (χ0) is 9.68. The first-order valence-corrected chi connectivity index (χ1v) is 4.22. The molecule has 1 rings (SSSR count). The molecular formula is C10H13NO2. The van der Waals surface area contributed by atoms with Gasteiger partial charge in [0.05, 0.1) is 0 Å². The number of nitrogens with two attached hydrogens (primary N) is 1. The number of carbonyl (C=O) groups excluding carboxylic acids is 1. The fourth-order valence-electron chi connectivity index (χ4n) is 1.15. The van der Waals surface area contributed by atoms with Crippen LogP contribution in [0.15, 0.2) is 30.3 Å². The van der Waals surface area contributed by atoms with Gasteiger partial charge in [-0.15, -0.1) is 0 Å². The first kappa shape index (κ1) is 9.89. The fourth-order valence-corrected chi connectivity index (χ4v) is 1.15. The van der Waals surface area contributed by atoms with Crippen molar-refractivity contribution in [3.63, 3.8) is 0 Å². The quantitative estimate of drug-likeness (QED) is 0.714. The van der Waals surface area contributed by atoms with E-state index in [4.69, 9.17) is 5.90 Å². The smallest absolute Gasteiger partial charge is 0.167 e. The highest BCUT2D eigenvalue weighted by Gasteiger charge is 2.17. The second kappa shape index (κ2) is 4.74.